The van der Waals surface area contributed by atoms with Gasteiger partial charge in [-0.15, -0.1) is 24.0 Å². The third-order valence-electron chi connectivity index (χ3n) is 3.06. The smallest absolute Gasteiger partial charge is 0.243 e. The van der Waals surface area contributed by atoms with E-state index in [1.54, 1.807) is 14.1 Å². The Morgan fingerprint density at radius 2 is 1.86 bits per heavy atom. The number of hydrogen-bond donors (Lipinski definition) is 2. The number of carbonyl (C=O) groups excluding carboxylic acids is 1. The minimum Gasteiger partial charge on any atom is -0.378 e. The van der Waals surface area contributed by atoms with Crippen molar-refractivity contribution in [2.45, 2.75) is 40.2 Å². The lowest BCUT2D eigenvalue weighted by Gasteiger charge is -2.21. The predicted octanol–water partition coefficient (Wildman–Crippen LogP) is 1.70. The number of rotatable bonds is 9. The first-order chi connectivity index (χ1) is 9.92. The first-order valence-electron chi connectivity index (χ1n) is 7.76. The third kappa shape index (κ3) is 11.1. The van der Waals surface area contributed by atoms with Gasteiger partial charge in [0.2, 0.25) is 5.91 Å². The summed E-state index contributed by atoms with van der Waals surface area (Å²) in [5.41, 5.74) is 0. The van der Waals surface area contributed by atoms with Crippen LogP contribution >= 0.6 is 24.0 Å². The van der Waals surface area contributed by atoms with E-state index >= 15 is 0 Å². The van der Waals surface area contributed by atoms with Crippen molar-refractivity contribution >= 4 is 35.8 Å². The molecule has 132 valence electrons. The molecular weight excluding hydrogens is 395 g/mol. The topological polar surface area (TPSA) is 66.0 Å². The molecule has 0 spiro atoms. The molecule has 22 heavy (non-hydrogen) atoms. The maximum absolute atomic E-state index is 11.6. The second kappa shape index (κ2) is 14.0. The zero-order valence-corrected chi connectivity index (χ0v) is 17.1. The quantitative estimate of drug-likeness (QED) is 0.333. The van der Waals surface area contributed by atoms with Crippen LogP contribution in [0.5, 0.6) is 0 Å². The van der Waals surface area contributed by atoms with E-state index in [0.29, 0.717) is 11.9 Å². The van der Waals surface area contributed by atoms with E-state index in [1.165, 1.54) is 4.90 Å². The standard InChI is InChI=1S/C15H32N4O2.HI/c1-7-16-15(18-11-14(20)19(5)6)17-10-9-13(12(3)4)21-8-2;/h12-13H,7-11H2,1-6H3,(H2,16,17,18);1H. The van der Waals surface area contributed by atoms with Gasteiger partial charge in [-0.3, -0.25) is 4.79 Å². The molecule has 0 aromatic carbocycles. The van der Waals surface area contributed by atoms with Crippen LogP contribution in [-0.4, -0.2) is 63.2 Å². The summed E-state index contributed by atoms with van der Waals surface area (Å²) < 4.78 is 5.71. The number of carbonyl (C=O) groups is 1. The molecular formula is C15H33IN4O2. The number of guanidine groups is 1. The summed E-state index contributed by atoms with van der Waals surface area (Å²) in [6.45, 7) is 10.8. The highest BCUT2D eigenvalue weighted by molar-refractivity contribution is 14.0. The summed E-state index contributed by atoms with van der Waals surface area (Å²) in [7, 11) is 3.46. The summed E-state index contributed by atoms with van der Waals surface area (Å²) in [4.78, 5) is 17.4. The second-order valence-corrected chi connectivity index (χ2v) is 5.44. The molecule has 2 N–H and O–H groups in total. The highest BCUT2D eigenvalue weighted by Gasteiger charge is 2.13. The van der Waals surface area contributed by atoms with Gasteiger partial charge in [0.05, 0.1) is 6.10 Å². The van der Waals surface area contributed by atoms with Gasteiger partial charge < -0.3 is 20.3 Å². The SMILES string of the molecule is CCNC(=NCC(=O)N(C)C)NCCC(OCC)C(C)C.I. The number of nitrogens with zero attached hydrogens (tertiary/aromatic N) is 2. The molecule has 0 heterocycles. The van der Waals surface area contributed by atoms with E-state index < -0.39 is 0 Å². The second-order valence-electron chi connectivity index (χ2n) is 5.44. The Morgan fingerprint density at radius 1 is 1.23 bits per heavy atom. The normalized spacial score (nSPS) is 12.6. The number of aliphatic imine (C=N–C) groups is 1. The molecule has 0 bridgehead atoms. The van der Waals surface area contributed by atoms with E-state index in [1.807, 2.05) is 13.8 Å². The van der Waals surface area contributed by atoms with E-state index in [4.69, 9.17) is 4.74 Å². The minimum atomic E-state index is -0.0124. The Morgan fingerprint density at radius 3 is 2.32 bits per heavy atom. The first kappa shape index (κ1) is 23.7. The van der Waals surface area contributed by atoms with Crippen molar-refractivity contribution < 1.29 is 9.53 Å². The van der Waals surface area contributed by atoms with Gasteiger partial charge in [-0.2, -0.15) is 0 Å². The Balaban J connectivity index is 0. The Bertz CT molecular complexity index is 323. The average Bonchev–Trinajstić information content (AvgIpc) is 2.42. The summed E-state index contributed by atoms with van der Waals surface area (Å²) in [6, 6.07) is 0. The van der Waals surface area contributed by atoms with Gasteiger partial charge in [-0.05, 0) is 26.2 Å². The molecule has 0 radical (unpaired) electrons. The Labute approximate surface area is 152 Å². The number of halogens is 1. The number of likely N-dealkylation sites (N-methyl/N-ethyl adjacent to an activating group) is 1. The lowest BCUT2D eigenvalue weighted by atomic mass is 10.0. The number of amides is 1. The summed E-state index contributed by atoms with van der Waals surface area (Å²) in [5.74, 6) is 1.15. The van der Waals surface area contributed by atoms with Crippen LogP contribution in [0.15, 0.2) is 4.99 Å². The van der Waals surface area contributed by atoms with Crippen molar-refractivity contribution in [3.63, 3.8) is 0 Å². The van der Waals surface area contributed by atoms with Crippen LogP contribution in [0.25, 0.3) is 0 Å². The molecule has 0 rings (SSSR count). The molecule has 0 aromatic heterocycles. The van der Waals surface area contributed by atoms with Crippen LogP contribution in [0.1, 0.15) is 34.1 Å². The van der Waals surface area contributed by atoms with Crippen LogP contribution in [0.2, 0.25) is 0 Å². The zero-order valence-electron chi connectivity index (χ0n) is 14.8. The van der Waals surface area contributed by atoms with Crippen molar-refractivity contribution in [3.05, 3.63) is 0 Å². The lowest BCUT2D eigenvalue weighted by Crippen LogP contribution is -2.40. The van der Waals surface area contributed by atoms with Crippen LogP contribution in [0.3, 0.4) is 0 Å². The number of hydrogen-bond acceptors (Lipinski definition) is 3. The van der Waals surface area contributed by atoms with Gasteiger partial charge in [0, 0.05) is 33.8 Å². The van der Waals surface area contributed by atoms with E-state index in [-0.39, 0.29) is 42.5 Å². The average molecular weight is 428 g/mol. The summed E-state index contributed by atoms with van der Waals surface area (Å²) in [6.07, 6.45) is 1.16. The monoisotopic (exact) mass is 428 g/mol. The Kier molecular flexibility index (Phi) is 15.1. The van der Waals surface area contributed by atoms with Crippen molar-refractivity contribution in [2.24, 2.45) is 10.9 Å². The van der Waals surface area contributed by atoms with E-state index in [0.717, 1.165) is 26.1 Å². The number of ether oxygens (including phenoxy) is 1. The van der Waals surface area contributed by atoms with Crippen LogP contribution in [-0.2, 0) is 9.53 Å². The summed E-state index contributed by atoms with van der Waals surface area (Å²) >= 11 is 0. The largest absolute Gasteiger partial charge is 0.378 e. The van der Waals surface area contributed by atoms with Gasteiger partial charge in [-0.25, -0.2) is 4.99 Å². The van der Waals surface area contributed by atoms with Gasteiger partial charge in [-0.1, -0.05) is 13.8 Å². The third-order valence-corrected chi connectivity index (χ3v) is 3.06. The fraction of sp³-hybridized carbons (Fsp3) is 0.867. The molecule has 0 saturated carbocycles. The molecule has 0 aliphatic carbocycles. The maximum atomic E-state index is 11.6. The lowest BCUT2D eigenvalue weighted by molar-refractivity contribution is -0.127. The highest BCUT2D eigenvalue weighted by Crippen LogP contribution is 2.09. The first-order valence-corrected chi connectivity index (χ1v) is 7.76. The zero-order chi connectivity index (χ0) is 16.3. The highest BCUT2D eigenvalue weighted by atomic mass is 127. The van der Waals surface area contributed by atoms with Crippen molar-refractivity contribution in [1.82, 2.24) is 15.5 Å². The molecule has 1 atom stereocenters. The fourth-order valence-electron chi connectivity index (χ4n) is 1.79. The van der Waals surface area contributed by atoms with E-state index in [9.17, 15) is 4.79 Å². The minimum absolute atomic E-state index is 0. The molecule has 0 aromatic rings. The fourth-order valence-corrected chi connectivity index (χ4v) is 1.79. The molecule has 7 heteroatoms. The van der Waals surface area contributed by atoms with Crippen molar-refractivity contribution in [3.8, 4) is 0 Å². The van der Waals surface area contributed by atoms with Crippen LogP contribution in [0.4, 0.5) is 0 Å². The Hall–Kier alpha value is -0.570. The molecule has 1 amide bonds. The molecule has 0 aliphatic rings. The van der Waals surface area contributed by atoms with Gasteiger partial charge >= 0.3 is 0 Å². The molecule has 0 aliphatic heterocycles. The van der Waals surface area contributed by atoms with Crippen LogP contribution in [0, 0.1) is 5.92 Å². The van der Waals surface area contributed by atoms with Crippen molar-refractivity contribution in [2.75, 3.05) is 40.3 Å². The van der Waals surface area contributed by atoms with Gasteiger partial charge in [0.15, 0.2) is 5.96 Å². The molecule has 0 fully saturated rings. The molecule has 6 nitrogen and oxygen atoms in total. The maximum Gasteiger partial charge on any atom is 0.243 e. The van der Waals surface area contributed by atoms with Gasteiger partial charge in [0.25, 0.3) is 0 Å². The van der Waals surface area contributed by atoms with Gasteiger partial charge in [0.1, 0.15) is 6.54 Å². The van der Waals surface area contributed by atoms with E-state index in [2.05, 4.69) is 29.5 Å². The molecule has 0 saturated heterocycles. The van der Waals surface area contributed by atoms with Crippen molar-refractivity contribution in [1.29, 1.82) is 0 Å². The summed E-state index contributed by atoms with van der Waals surface area (Å²) in [5, 5.41) is 6.39. The predicted molar refractivity (Wildman–Crippen MR) is 103 cm³/mol. The number of nitrogens with one attached hydrogen (secondary N) is 2. The molecule has 1 unspecified atom stereocenters. The van der Waals surface area contributed by atoms with Crippen LogP contribution < -0.4 is 10.6 Å².